The fourth-order valence-electron chi connectivity index (χ4n) is 3.37. The predicted molar refractivity (Wildman–Crippen MR) is 125 cm³/mol. The van der Waals surface area contributed by atoms with Gasteiger partial charge in [0.1, 0.15) is 18.1 Å². The highest BCUT2D eigenvalue weighted by atomic mass is 16.5. The van der Waals surface area contributed by atoms with Gasteiger partial charge in [-0.25, -0.2) is 0 Å². The maximum atomic E-state index is 12.8. The molecule has 1 atom stereocenters. The van der Waals surface area contributed by atoms with Gasteiger partial charge < -0.3 is 14.8 Å². The van der Waals surface area contributed by atoms with E-state index < -0.39 is 6.10 Å². The fraction of sp³-hybridized carbons (Fsp3) is 0.148. The van der Waals surface area contributed by atoms with E-state index in [2.05, 4.69) is 5.32 Å². The molecule has 4 nitrogen and oxygen atoms in total. The highest BCUT2D eigenvalue weighted by Crippen LogP contribution is 2.27. The van der Waals surface area contributed by atoms with E-state index in [9.17, 15) is 4.79 Å². The Morgan fingerprint density at radius 3 is 2.32 bits per heavy atom. The summed E-state index contributed by atoms with van der Waals surface area (Å²) in [4.78, 5) is 12.8. The zero-order chi connectivity index (χ0) is 21.5. The second-order valence-electron chi connectivity index (χ2n) is 7.28. The van der Waals surface area contributed by atoms with Gasteiger partial charge in [0.05, 0.1) is 0 Å². The number of benzene rings is 4. The number of nitrogens with one attached hydrogen (secondary N) is 1. The lowest BCUT2D eigenvalue weighted by molar-refractivity contribution is -0.122. The van der Waals surface area contributed by atoms with Gasteiger partial charge in [-0.2, -0.15) is 0 Å². The van der Waals surface area contributed by atoms with Crippen LogP contribution in [-0.4, -0.2) is 12.0 Å². The lowest BCUT2D eigenvalue weighted by Gasteiger charge is -2.18. The van der Waals surface area contributed by atoms with E-state index in [1.807, 2.05) is 104 Å². The monoisotopic (exact) mass is 411 g/mol. The van der Waals surface area contributed by atoms with E-state index in [1.165, 1.54) is 0 Å². The number of ether oxygens (including phenoxy) is 2. The number of amides is 1. The smallest absolute Gasteiger partial charge is 0.265 e. The molecule has 0 spiro atoms. The molecule has 31 heavy (non-hydrogen) atoms. The van der Waals surface area contributed by atoms with Crippen molar-refractivity contribution >= 4 is 22.4 Å². The first-order valence-electron chi connectivity index (χ1n) is 10.4. The van der Waals surface area contributed by atoms with Crippen molar-refractivity contribution < 1.29 is 14.3 Å². The molecule has 1 unspecified atom stereocenters. The lowest BCUT2D eigenvalue weighted by atomic mass is 10.1. The molecule has 1 amide bonds. The van der Waals surface area contributed by atoms with Gasteiger partial charge in [-0.15, -0.1) is 0 Å². The van der Waals surface area contributed by atoms with Crippen LogP contribution in [0.3, 0.4) is 0 Å². The standard InChI is InChI=1S/C27H25NO3/c1-2-25(31-26-14-8-12-21-11-6-7-13-24(21)26)27(29)28-22-15-17-23(18-16-22)30-19-20-9-4-3-5-10-20/h3-18,25H,2,19H2,1H3,(H,28,29). The third-order valence-electron chi connectivity index (χ3n) is 5.05. The average molecular weight is 412 g/mol. The summed E-state index contributed by atoms with van der Waals surface area (Å²) < 4.78 is 11.9. The third kappa shape index (κ3) is 5.23. The molecule has 0 fully saturated rings. The molecule has 0 saturated heterocycles. The quantitative estimate of drug-likeness (QED) is 0.375. The van der Waals surface area contributed by atoms with Crippen molar-refractivity contribution in [1.82, 2.24) is 0 Å². The minimum absolute atomic E-state index is 0.173. The van der Waals surface area contributed by atoms with Crippen LogP contribution in [0, 0.1) is 0 Å². The van der Waals surface area contributed by atoms with Gasteiger partial charge in [-0.3, -0.25) is 4.79 Å². The van der Waals surface area contributed by atoms with E-state index in [-0.39, 0.29) is 5.91 Å². The Labute approximate surface area is 182 Å². The van der Waals surface area contributed by atoms with Crippen LogP contribution in [0.2, 0.25) is 0 Å². The molecule has 0 aromatic heterocycles. The van der Waals surface area contributed by atoms with Gasteiger partial charge in [0.15, 0.2) is 6.10 Å². The van der Waals surface area contributed by atoms with E-state index in [4.69, 9.17) is 9.47 Å². The summed E-state index contributed by atoms with van der Waals surface area (Å²) in [6.07, 6.45) is -0.0207. The van der Waals surface area contributed by atoms with Crippen LogP contribution >= 0.6 is 0 Å². The van der Waals surface area contributed by atoms with E-state index in [1.54, 1.807) is 0 Å². The van der Waals surface area contributed by atoms with Gasteiger partial charge in [0, 0.05) is 11.1 Å². The molecule has 0 aliphatic carbocycles. The molecular formula is C27H25NO3. The second-order valence-corrected chi connectivity index (χ2v) is 7.28. The number of fused-ring (bicyclic) bond motifs is 1. The van der Waals surface area contributed by atoms with Crippen LogP contribution in [-0.2, 0) is 11.4 Å². The number of carbonyl (C=O) groups excluding carboxylic acids is 1. The molecule has 0 heterocycles. The SMILES string of the molecule is CCC(Oc1cccc2ccccc12)C(=O)Nc1ccc(OCc2ccccc2)cc1. The molecule has 156 valence electrons. The molecule has 4 heteroatoms. The molecular weight excluding hydrogens is 386 g/mol. The third-order valence-corrected chi connectivity index (χ3v) is 5.05. The van der Waals surface area contributed by atoms with E-state index >= 15 is 0 Å². The molecule has 1 N–H and O–H groups in total. The summed E-state index contributed by atoms with van der Waals surface area (Å²) in [6, 6.07) is 31.2. The normalized spacial score (nSPS) is 11.6. The summed E-state index contributed by atoms with van der Waals surface area (Å²) >= 11 is 0. The predicted octanol–water partition coefficient (Wildman–Crippen LogP) is 6.21. The minimum atomic E-state index is -0.584. The zero-order valence-corrected chi connectivity index (χ0v) is 17.5. The summed E-state index contributed by atoms with van der Waals surface area (Å²) in [6.45, 7) is 2.44. The van der Waals surface area contributed by atoms with Gasteiger partial charge in [-0.1, -0.05) is 73.7 Å². The molecule has 0 aliphatic rings. The lowest BCUT2D eigenvalue weighted by Crippen LogP contribution is -2.32. The number of hydrogen-bond donors (Lipinski definition) is 1. The Morgan fingerprint density at radius 2 is 1.55 bits per heavy atom. The number of anilines is 1. The van der Waals surface area contributed by atoms with Crippen molar-refractivity contribution in [2.24, 2.45) is 0 Å². The molecule has 0 radical (unpaired) electrons. The van der Waals surface area contributed by atoms with Crippen LogP contribution in [0.15, 0.2) is 97.1 Å². The zero-order valence-electron chi connectivity index (χ0n) is 17.5. The van der Waals surface area contributed by atoms with Crippen LogP contribution in [0.5, 0.6) is 11.5 Å². The Kier molecular flexibility index (Phi) is 6.48. The van der Waals surface area contributed by atoms with Gasteiger partial charge in [0.2, 0.25) is 0 Å². The first kappa shape index (κ1) is 20.5. The van der Waals surface area contributed by atoms with Crippen LogP contribution < -0.4 is 14.8 Å². The van der Waals surface area contributed by atoms with Crippen molar-refractivity contribution in [3.8, 4) is 11.5 Å². The van der Waals surface area contributed by atoms with Crippen LogP contribution in [0.25, 0.3) is 10.8 Å². The number of hydrogen-bond acceptors (Lipinski definition) is 3. The van der Waals surface area contributed by atoms with Crippen molar-refractivity contribution in [1.29, 1.82) is 0 Å². The first-order valence-corrected chi connectivity index (χ1v) is 10.4. The largest absolute Gasteiger partial charge is 0.489 e. The van der Waals surface area contributed by atoms with Crippen molar-refractivity contribution in [2.45, 2.75) is 26.1 Å². The Morgan fingerprint density at radius 1 is 0.839 bits per heavy atom. The molecule has 0 saturated carbocycles. The van der Waals surface area contributed by atoms with Crippen LogP contribution in [0.4, 0.5) is 5.69 Å². The molecule has 4 aromatic carbocycles. The average Bonchev–Trinajstić information content (AvgIpc) is 2.82. The summed E-state index contributed by atoms with van der Waals surface area (Å²) in [5, 5.41) is 5.02. The highest BCUT2D eigenvalue weighted by Gasteiger charge is 2.19. The number of carbonyl (C=O) groups is 1. The van der Waals surface area contributed by atoms with Crippen molar-refractivity contribution in [3.63, 3.8) is 0 Å². The molecule has 4 aromatic rings. The van der Waals surface area contributed by atoms with Gasteiger partial charge in [-0.05, 0) is 47.7 Å². The summed E-state index contributed by atoms with van der Waals surface area (Å²) in [5.41, 5.74) is 1.81. The van der Waals surface area contributed by atoms with Gasteiger partial charge >= 0.3 is 0 Å². The molecule has 4 rings (SSSR count). The minimum Gasteiger partial charge on any atom is -0.489 e. The number of rotatable bonds is 8. The molecule has 0 bridgehead atoms. The van der Waals surface area contributed by atoms with Crippen LogP contribution in [0.1, 0.15) is 18.9 Å². The fourth-order valence-corrected chi connectivity index (χ4v) is 3.37. The topological polar surface area (TPSA) is 47.6 Å². The first-order chi connectivity index (χ1) is 15.2. The summed E-state index contributed by atoms with van der Waals surface area (Å²) in [5.74, 6) is 1.29. The van der Waals surface area contributed by atoms with E-state index in [0.717, 1.165) is 22.1 Å². The summed E-state index contributed by atoms with van der Waals surface area (Å²) in [7, 11) is 0. The maximum absolute atomic E-state index is 12.8. The van der Waals surface area contributed by atoms with Crippen molar-refractivity contribution in [3.05, 3.63) is 103 Å². The van der Waals surface area contributed by atoms with Gasteiger partial charge in [0.25, 0.3) is 5.91 Å². The molecule has 0 aliphatic heterocycles. The Hall–Kier alpha value is -3.79. The highest BCUT2D eigenvalue weighted by molar-refractivity contribution is 5.95. The Balaban J connectivity index is 1.38. The van der Waals surface area contributed by atoms with Crippen molar-refractivity contribution in [2.75, 3.05) is 5.32 Å². The maximum Gasteiger partial charge on any atom is 0.265 e. The second kappa shape index (κ2) is 9.81. The Bertz CT molecular complexity index is 1130. The van der Waals surface area contributed by atoms with E-state index in [0.29, 0.717) is 24.5 Å².